The van der Waals surface area contributed by atoms with E-state index in [2.05, 4.69) is 30.5 Å². The Hall–Kier alpha value is -0.220. The molecular formula is C15H28N2OS. The van der Waals surface area contributed by atoms with Gasteiger partial charge >= 0.3 is 0 Å². The van der Waals surface area contributed by atoms with Crippen LogP contribution in [0.3, 0.4) is 0 Å². The summed E-state index contributed by atoms with van der Waals surface area (Å²) in [6, 6.07) is -0.302. The SMILES string of the molecule is CC(C)C[C@H](N)C(=O)N1CCSC2(CCCCC2)C1. The molecule has 1 spiro atoms. The Morgan fingerprint density at radius 3 is 2.63 bits per heavy atom. The minimum atomic E-state index is -0.302. The molecule has 2 aliphatic rings. The number of hydrogen-bond acceptors (Lipinski definition) is 3. The van der Waals surface area contributed by atoms with Gasteiger partial charge in [0.2, 0.25) is 5.91 Å². The number of nitrogens with two attached hydrogens (primary N) is 1. The van der Waals surface area contributed by atoms with Gasteiger partial charge in [0.25, 0.3) is 0 Å². The molecule has 0 bridgehead atoms. The summed E-state index contributed by atoms with van der Waals surface area (Å²) in [5, 5.41) is 0. The molecule has 0 radical (unpaired) electrons. The number of carbonyl (C=O) groups is 1. The van der Waals surface area contributed by atoms with Crippen LogP contribution < -0.4 is 5.73 Å². The Kier molecular flexibility index (Phi) is 5.18. The summed E-state index contributed by atoms with van der Waals surface area (Å²) < 4.78 is 0.351. The van der Waals surface area contributed by atoms with Gasteiger partial charge in [-0.3, -0.25) is 4.79 Å². The Bertz CT molecular complexity index is 308. The number of amides is 1. The molecule has 0 unspecified atom stereocenters. The van der Waals surface area contributed by atoms with Crippen molar-refractivity contribution in [2.45, 2.75) is 63.2 Å². The minimum absolute atomic E-state index is 0.180. The molecule has 0 aromatic rings. The highest BCUT2D eigenvalue weighted by atomic mass is 32.2. The maximum Gasteiger partial charge on any atom is 0.239 e. The van der Waals surface area contributed by atoms with E-state index < -0.39 is 0 Å². The third-order valence-electron chi connectivity index (χ3n) is 4.37. The van der Waals surface area contributed by atoms with Gasteiger partial charge in [0.05, 0.1) is 6.04 Å². The topological polar surface area (TPSA) is 46.3 Å². The number of rotatable bonds is 3. The average Bonchev–Trinajstić information content (AvgIpc) is 2.38. The molecule has 1 saturated heterocycles. The maximum absolute atomic E-state index is 12.5. The van der Waals surface area contributed by atoms with E-state index in [0.29, 0.717) is 10.7 Å². The first-order chi connectivity index (χ1) is 9.02. The Morgan fingerprint density at radius 1 is 1.32 bits per heavy atom. The molecule has 4 heteroatoms. The Labute approximate surface area is 121 Å². The van der Waals surface area contributed by atoms with Crippen molar-refractivity contribution < 1.29 is 4.79 Å². The molecule has 110 valence electrons. The number of nitrogens with zero attached hydrogens (tertiary/aromatic N) is 1. The lowest BCUT2D eigenvalue weighted by Gasteiger charge is -2.45. The molecule has 1 amide bonds. The van der Waals surface area contributed by atoms with Crippen LogP contribution >= 0.6 is 11.8 Å². The zero-order chi connectivity index (χ0) is 13.9. The molecule has 1 atom stereocenters. The third kappa shape index (κ3) is 3.88. The van der Waals surface area contributed by atoms with Gasteiger partial charge in [0, 0.05) is 23.6 Å². The second-order valence-electron chi connectivity index (χ2n) is 6.59. The highest BCUT2D eigenvalue weighted by molar-refractivity contribution is 8.00. The summed E-state index contributed by atoms with van der Waals surface area (Å²) in [7, 11) is 0. The van der Waals surface area contributed by atoms with E-state index in [1.807, 2.05) is 0 Å². The number of hydrogen-bond donors (Lipinski definition) is 1. The fraction of sp³-hybridized carbons (Fsp3) is 0.933. The Morgan fingerprint density at radius 2 is 2.00 bits per heavy atom. The zero-order valence-corrected chi connectivity index (χ0v) is 13.2. The van der Waals surface area contributed by atoms with Crippen molar-refractivity contribution in [2.24, 2.45) is 11.7 Å². The average molecular weight is 284 g/mol. The van der Waals surface area contributed by atoms with Crippen LogP contribution in [0.2, 0.25) is 0 Å². The summed E-state index contributed by atoms with van der Waals surface area (Å²) in [4.78, 5) is 14.5. The van der Waals surface area contributed by atoms with Crippen LogP contribution in [0, 0.1) is 5.92 Å². The van der Waals surface area contributed by atoms with Crippen molar-refractivity contribution in [3.63, 3.8) is 0 Å². The fourth-order valence-electron chi connectivity index (χ4n) is 3.37. The van der Waals surface area contributed by atoms with Crippen molar-refractivity contribution in [1.82, 2.24) is 4.90 Å². The normalized spacial score (nSPS) is 24.7. The van der Waals surface area contributed by atoms with E-state index in [1.54, 1.807) is 0 Å². The van der Waals surface area contributed by atoms with E-state index >= 15 is 0 Å². The molecule has 3 nitrogen and oxygen atoms in total. The van der Waals surface area contributed by atoms with E-state index in [0.717, 1.165) is 25.3 Å². The summed E-state index contributed by atoms with van der Waals surface area (Å²) in [6.07, 6.45) is 7.38. The van der Waals surface area contributed by atoms with E-state index in [-0.39, 0.29) is 11.9 Å². The van der Waals surface area contributed by atoms with Crippen LogP contribution in [-0.2, 0) is 4.79 Å². The predicted molar refractivity (Wildman–Crippen MR) is 82.3 cm³/mol. The highest BCUT2D eigenvalue weighted by Crippen LogP contribution is 2.42. The van der Waals surface area contributed by atoms with Crippen LogP contribution in [0.1, 0.15) is 52.4 Å². The van der Waals surface area contributed by atoms with Crippen molar-refractivity contribution in [3.8, 4) is 0 Å². The Balaban J connectivity index is 1.94. The molecule has 1 saturated carbocycles. The summed E-state index contributed by atoms with van der Waals surface area (Å²) in [6.45, 7) is 6.07. The van der Waals surface area contributed by atoms with Crippen molar-refractivity contribution in [3.05, 3.63) is 0 Å². The van der Waals surface area contributed by atoms with Crippen LogP contribution in [-0.4, -0.2) is 40.4 Å². The van der Waals surface area contributed by atoms with Gasteiger partial charge in [-0.05, 0) is 25.2 Å². The summed E-state index contributed by atoms with van der Waals surface area (Å²) in [5.74, 6) is 1.75. The second-order valence-corrected chi connectivity index (χ2v) is 8.15. The molecule has 19 heavy (non-hydrogen) atoms. The number of carbonyl (C=O) groups excluding carboxylic acids is 1. The van der Waals surface area contributed by atoms with Gasteiger partial charge in [-0.25, -0.2) is 0 Å². The molecule has 2 rings (SSSR count). The van der Waals surface area contributed by atoms with Gasteiger partial charge in [-0.2, -0.15) is 11.8 Å². The van der Waals surface area contributed by atoms with Crippen LogP contribution in [0.5, 0.6) is 0 Å². The largest absolute Gasteiger partial charge is 0.339 e. The lowest BCUT2D eigenvalue weighted by atomic mass is 9.87. The van der Waals surface area contributed by atoms with E-state index in [4.69, 9.17) is 5.73 Å². The maximum atomic E-state index is 12.5. The highest BCUT2D eigenvalue weighted by Gasteiger charge is 2.39. The lowest BCUT2D eigenvalue weighted by molar-refractivity contribution is -0.133. The molecule has 2 N–H and O–H groups in total. The second kappa shape index (κ2) is 6.49. The van der Waals surface area contributed by atoms with Crippen molar-refractivity contribution >= 4 is 17.7 Å². The first-order valence-corrected chi connectivity index (χ1v) is 8.69. The van der Waals surface area contributed by atoms with E-state index in [1.165, 1.54) is 32.1 Å². The summed E-state index contributed by atoms with van der Waals surface area (Å²) >= 11 is 2.10. The van der Waals surface area contributed by atoms with E-state index in [9.17, 15) is 4.79 Å². The lowest BCUT2D eigenvalue weighted by Crippen LogP contribution is -2.54. The predicted octanol–water partition coefficient (Wildman–Crippen LogP) is 2.64. The zero-order valence-electron chi connectivity index (χ0n) is 12.4. The molecular weight excluding hydrogens is 256 g/mol. The first kappa shape index (κ1) is 15.2. The number of thioether (sulfide) groups is 1. The fourth-order valence-corrected chi connectivity index (χ4v) is 4.94. The van der Waals surface area contributed by atoms with Crippen LogP contribution in [0.4, 0.5) is 0 Å². The summed E-state index contributed by atoms with van der Waals surface area (Å²) in [5.41, 5.74) is 6.07. The standard InChI is InChI=1S/C15H28N2OS/c1-12(2)10-13(16)14(18)17-8-9-19-15(11-17)6-4-3-5-7-15/h12-13H,3-11,16H2,1-2H3/t13-/m0/s1. The van der Waals surface area contributed by atoms with Crippen molar-refractivity contribution in [1.29, 1.82) is 0 Å². The van der Waals surface area contributed by atoms with Crippen LogP contribution in [0.25, 0.3) is 0 Å². The molecule has 1 aliphatic carbocycles. The monoisotopic (exact) mass is 284 g/mol. The third-order valence-corrected chi connectivity index (χ3v) is 5.90. The van der Waals surface area contributed by atoms with Gasteiger partial charge < -0.3 is 10.6 Å². The van der Waals surface area contributed by atoms with Crippen LogP contribution in [0.15, 0.2) is 0 Å². The van der Waals surface area contributed by atoms with Gasteiger partial charge in [-0.15, -0.1) is 0 Å². The quantitative estimate of drug-likeness (QED) is 0.866. The molecule has 0 aromatic heterocycles. The molecule has 0 aromatic carbocycles. The first-order valence-electron chi connectivity index (χ1n) is 7.71. The smallest absolute Gasteiger partial charge is 0.239 e. The van der Waals surface area contributed by atoms with Gasteiger partial charge in [0.15, 0.2) is 0 Å². The van der Waals surface area contributed by atoms with Crippen molar-refractivity contribution in [2.75, 3.05) is 18.8 Å². The van der Waals surface area contributed by atoms with Gasteiger partial charge in [0.1, 0.15) is 0 Å². The molecule has 2 fully saturated rings. The minimum Gasteiger partial charge on any atom is -0.339 e. The molecule has 1 aliphatic heterocycles. The molecule has 1 heterocycles. The van der Waals surface area contributed by atoms with Gasteiger partial charge in [-0.1, -0.05) is 33.1 Å².